The second-order valence-corrected chi connectivity index (χ2v) is 8.32. The molecule has 1 aromatic rings. The standard InChI is InChI=1S/C20H24ClN3O3.CH2O2/c21-14-3-1-2-13(8-14)20(12-22)6-4-15(5-7-20)23-11-18(26)24-10-16(25)9-17(24)19(23)27;2-1-3/h1-3,8-9,15-16,25H,4-7,10-12,22H2;1H,(H,2,3)/t15?,16-,20?;/m1./s1. The first-order chi connectivity index (χ1) is 14.3. The molecule has 4 N–H and O–H groups in total. The van der Waals surface area contributed by atoms with E-state index in [9.17, 15) is 14.7 Å². The van der Waals surface area contributed by atoms with Crippen molar-refractivity contribution in [3.8, 4) is 0 Å². The van der Waals surface area contributed by atoms with E-state index in [0.29, 0.717) is 17.3 Å². The molecule has 2 aliphatic heterocycles. The number of nitrogens with zero attached hydrogens (tertiary/aromatic N) is 2. The largest absolute Gasteiger partial charge is 0.483 e. The first-order valence-corrected chi connectivity index (χ1v) is 10.3. The highest BCUT2D eigenvalue weighted by molar-refractivity contribution is 6.30. The second-order valence-electron chi connectivity index (χ2n) is 7.89. The maximum absolute atomic E-state index is 12.9. The SMILES string of the molecule is NCC1(c2cccc(Cl)c2)CCC(N2CC(=O)N3C[C@H](O)C=C3C2=O)CC1.O=CO. The molecular formula is C21H26ClN3O5. The molecule has 2 heterocycles. The van der Waals surface area contributed by atoms with Gasteiger partial charge in [0.05, 0.1) is 12.6 Å². The van der Waals surface area contributed by atoms with Crippen LogP contribution in [-0.4, -0.2) is 70.1 Å². The van der Waals surface area contributed by atoms with Crippen molar-refractivity contribution in [2.75, 3.05) is 19.6 Å². The Morgan fingerprint density at radius 3 is 2.53 bits per heavy atom. The van der Waals surface area contributed by atoms with Gasteiger partial charge in [-0.25, -0.2) is 0 Å². The van der Waals surface area contributed by atoms with Crippen molar-refractivity contribution in [3.63, 3.8) is 0 Å². The van der Waals surface area contributed by atoms with E-state index in [0.717, 1.165) is 31.2 Å². The van der Waals surface area contributed by atoms with Crippen molar-refractivity contribution in [1.82, 2.24) is 9.80 Å². The van der Waals surface area contributed by atoms with Crippen LogP contribution >= 0.6 is 11.6 Å². The van der Waals surface area contributed by atoms with Gasteiger partial charge in [-0.3, -0.25) is 14.4 Å². The van der Waals surface area contributed by atoms with Gasteiger partial charge in [-0.1, -0.05) is 23.7 Å². The highest BCUT2D eigenvalue weighted by Gasteiger charge is 2.44. The number of amides is 2. The molecule has 2 amide bonds. The van der Waals surface area contributed by atoms with Crippen LogP contribution in [0, 0.1) is 0 Å². The number of hydrogen-bond donors (Lipinski definition) is 3. The average Bonchev–Trinajstić information content (AvgIpc) is 3.14. The van der Waals surface area contributed by atoms with E-state index < -0.39 is 6.10 Å². The van der Waals surface area contributed by atoms with Crippen LogP contribution in [0.25, 0.3) is 0 Å². The minimum Gasteiger partial charge on any atom is -0.483 e. The summed E-state index contributed by atoms with van der Waals surface area (Å²) in [6.07, 6.45) is 4.00. The third-order valence-corrected chi connectivity index (χ3v) is 6.51. The Hall–Kier alpha value is -2.42. The monoisotopic (exact) mass is 435 g/mol. The molecule has 2 fully saturated rings. The number of hydrogen-bond acceptors (Lipinski definition) is 5. The summed E-state index contributed by atoms with van der Waals surface area (Å²) in [6.45, 7) is 0.544. The number of benzene rings is 1. The zero-order chi connectivity index (χ0) is 21.9. The molecule has 1 aromatic carbocycles. The number of fused-ring (bicyclic) bond motifs is 1. The summed E-state index contributed by atoms with van der Waals surface area (Å²) in [5.41, 5.74) is 7.48. The lowest BCUT2D eigenvalue weighted by molar-refractivity contribution is -0.147. The summed E-state index contributed by atoms with van der Waals surface area (Å²) < 4.78 is 0. The number of carbonyl (C=O) groups is 3. The maximum Gasteiger partial charge on any atom is 0.290 e. The van der Waals surface area contributed by atoms with Gasteiger partial charge in [-0.05, 0) is 49.5 Å². The lowest BCUT2D eigenvalue weighted by Gasteiger charge is -2.45. The van der Waals surface area contributed by atoms with Crippen LogP contribution in [0.3, 0.4) is 0 Å². The summed E-state index contributed by atoms with van der Waals surface area (Å²) in [7, 11) is 0. The zero-order valence-electron chi connectivity index (χ0n) is 16.5. The molecule has 30 heavy (non-hydrogen) atoms. The molecule has 162 valence electrons. The van der Waals surface area contributed by atoms with Crippen molar-refractivity contribution in [2.45, 2.75) is 43.2 Å². The van der Waals surface area contributed by atoms with Gasteiger partial charge < -0.3 is 25.7 Å². The highest BCUT2D eigenvalue weighted by Crippen LogP contribution is 2.41. The van der Waals surface area contributed by atoms with Crippen LogP contribution in [0.1, 0.15) is 31.2 Å². The second kappa shape index (κ2) is 9.16. The average molecular weight is 436 g/mol. The number of aliphatic hydroxyl groups excluding tert-OH is 1. The smallest absolute Gasteiger partial charge is 0.290 e. The van der Waals surface area contributed by atoms with Crippen LogP contribution < -0.4 is 5.73 Å². The molecule has 0 bridgehead atoms. The van der Waals surface area contributed by atoms with Gasteiger partial charge in [0.15, 0.2) is 0 Å². The third kappa shape index (κ3) is 4.21. The Morgan fingerprint density at radius 1 is 1.27 bits per heavy atom. The van der Waals surface area contributed by atoms with Crippen LogP contribution in [0.15, 0.2) is 36.0 Å². The summed E-state index contributed by atoms with van der Waals surface area (Å²) in [6, 6.07) is 7.86. The molecule has 9 heteroatoms. The van der Waals surface area contributed by atoms with Crippen molar-refractivity contribution in [2.24, 2.45) is 5.73 Å². The Balaban J connectivity index is 0.000000806. The number of piperazine rings is 1. The van der Waals surface area contributed by atoms with Crippen molar-refractivity contribution < 1.29 is 24.6 Å². The van der Waals surface area contributed by atoms with E-state index in [-0.39, 0.29) is 42.8 Å². The quantitative estimate of drug-likeness (QED) is 0.611. The van der Waals surface area contributed by atoms with Crippen LogP contribution in [0.2, 0.25) is 5.02 Å². The Labute approximate surface area is 179 Å². The predicted molar refractivity (Wildman–Crippen MR) is 111 cm³/mol. The molecule has 0 unspecified atom stereocenters. The number of nitrogens with two attached hydrogens (primary N) is 1. The summed E-state index contributed by atoms with van der Waals surface area (Å²) in [5, 5.41) is 17.4. The Kier molecular flexibility index (Phi) is 6.80. The molecule has 1 saturated heterocycles. The van der Waals surface area contributed by atoms with Gasteiger partial charge in [0.25, 0.3) is 12.4 Å². The number of rotatable bonds is 3. The number of halogens is 1. The molecule has 3 aliphatic rings. The summed E-state index contributed by atoms with van der Waals surface area (Å²) in [4.78, 5) is 36.7. The fraction of sp³-hybridized carbons (Fsp3) is 0.476. The fourth-order valence-electron chi connectivity index (χ4n) is 4.67. The summed E-state index contributed by atoms with van der Waals surface area (Å²) in [5.74, 6) is -0.276. The molecular weight excluding hydrogens is 410 g/mol. The van der Waals surface area contributed by atoms with Gasteiger partial charge in [-0.2, -0.15) is 0 Å². The molecule has 1 saturated carbocycles. The van der Waals surface area contributed by atoms with E-state index in [1.54, 1.807) is 4.90 Å². The Bertz CT molecular complexity index is 851. The van der Waals surface area contributed by atoms with E-state index in [1.165, 1.54) is 11.0 Å². The topological polar surface area (TPSA) is 124 Å². The van der Waals surface area contributed by atoms with E-state index >= 15 is 0 Å². The van der Waals surface area contributed by atoms with Crippen molar-refractivity contribution in [1.29, 1.82) is 0 Å². The lowest BCUT2D eigenvalue weighted by atomic mass is 9.68. The lowest BCUT2D eigenvalue weighted by Crippen LogP contribution is -2.56. The first kappa shape index (κ1) is 22.3. The van der Waals surface area contributed by atoms with E-state index in [4.69, 9.17) is 27.2 Å². The normalized spacial score (nSPS) is 28.4. The minimum absolute atomic E-state index is 0.0149. The molecule has 8 nitrogen and oxygen atoms in total. The molecule has 0 spiro atoms. The van der Waals surface area contributed by atoms with Crippen LogP contribution in [-0.2, 0) is 19.8 Å². The Morgan fingerprint density at radius 2 is 1.93 bits per heavy atom. The van der Waals surface area contributed by atoms with Crippen molar-refractivity contribution in [3.05, 3.63) is 46.6 Å². The van der Waals surface area contributed by atoms with E-state index in [1.807, 2.05) is 18.2 Å². The molecule has 1 aliphatic carbocycles. The fourth-order valence-corrected chi connectivity index (χ4v) is 4.86. The van der Waals surface area contributed by atoms with Gasteiger partial charge >= 0.3 is 0 Å². The number of aliphatic hydroxyl groups is 1. The third-order valence-electron chi connectivity index (χ3n) is 6.28. The maximum atomic E-state index is 12.9. The van der Waals surface area contributed by atoms with Gasteiger partial charge in [0.1, 0.15) is 12.2 Å². The zero-order valence-corrected chi connectivity index (χ0v) is 17.3. The van der Waals surface area contributed by atoms with Crippen molar-refractivity contribution >= 4 is 29.9 Å². The van der Waals surface area contributed by atoms with Gasteiger partial charge in [-0.15, -0.1) is 0 Å². The predicted octanol–water partition coefficient (Wildman–Crippen LogP) is 1.11. The molecule has 4 rings (SSSR count). The highest BCUT2D eigenvalue weighted by atomic mass is 35.5. The number of carbonyl (C=O) groups excluding carboxylic acids is 2. The number of carboxylic acid groups (broad SMARTS) is 1. The molecule has 0 radical (unpaired) electrons. The van der Waals surface area contributed by atoms with Crippen LogP contribution in [0.4, 0.5) is 0 Å². The summed E-state index contributed by atoms with van der Waals surface area (Å²) >= 11 is 6.17. The molecule has 0 aromatic heterocycles. The van der Waals surface area contributed by atoms with Gasteiger partial charge in [0, 0.05) is 23.0 Å². The van der Waals surface area contributed by atoms with Gasteiger partial charge in [0.2, 0.25) is 5.91 Å². The molecule has 1 atom stereocenters. The van der Waals surface area contributed by atoms with Crippen LogP contribution in [0.5, 0.6) is 0 Å². The minimum atomic E-state index is -0.757. The first-order valence-electron chi connectivity index (χ1n) is 9.90. The van der Waals surface area contributed by atoms with E-state index in [2.05, 4.69) is 6.07 Å².